The van der Waals surface area contributed by atoms with E-state index < -0.39 is 0 Å². The predicted octanol–water partition coefficient (Wildman–Crippen LogP) is 6.77. The van der Waals surface area contributed by atoms with Crippen LogP contribution >= 0.6 is 11.6 Å². The van der Waals surface area contributed by atoms with Gasteiger partial charge in [0.1, 0.15) is 5.65 Å². The number of benzene rings is 2. The summed E-state index contributed by atoms with van der Waals surface area (Å²) in [6, 6.07) is 18.9. The van der Waals surface area contributed by atoms with Crippen molar-refractivity contribution in [2.24, 2.45) is 5.92 Å². The van der Waals surface area contributed by atoms with Gasteiger partial charge in [0.2, 0.25) is 5.91 Å². The van der Waals surface area contributed by atoms with Crippen LogP contribution in [0.5, 0.6) is 0 Å². The first-order chi connectivity index (χ1) is 18.5. The molecule has 1 aliphatic carbocycles. The number of carbonyl (C=O) groups is 1. The van der Waals surface area contributed by atoms with Crippen LogP contribution in [-0.2, 0) is 11.3 Å². The van der Waals surface area contributed by atoms with Crippen molar-refractivity contribution in [3.05, 3.63) is 82.6 Å². The first-order valence-electron chi connectivity index (χ1n) is 13.8. The number of aromatic nitrogens is 2. The molecule has 38 heavy (non-hydrogen) atoms. The Kier molecular flexibility index (Phi) is 6.98. The van der Waals surface area contributed by atoms with E-state index in [9.17, 15) is 4.79 Å². The van der Waals surface area contributed by atoms with Crippen molar-refractivity contribution < 1.29 is 4.79 Å². The number of carbonyl (C=O) groups excluding carboxylic acids is 1. The van der Waals surface area contributed by atoms with Crippen LogP contribution in [0.15, 0.2) is 60.8 Å². The van der Waals surface area contributed by atoms with Crippen molar-refractivity contribution in [1.29, 1.82) is 0 Å². The quantitative estimate of drug-likeness (QED) is 0.288. The molecule has 4 aromatic rings. The van der Waals surface area contributed by atoms with Crippen LogP contribution in [0.1, 0.15) is 42.5 Å². The van der Waals surface area contributed by atoms with Crippen molar-refractivity contribution in [2.45, 2.75) is 46.1 Å². The molecule has 1 saturated heterocycles. The zero-order chi connectivity index (χ0) is 26.2. The first-order valence-corrected chi connectivity index (χ1v) is 14.2. The van der Waals surface area contributed by atoms with Crippen molar-refractivity contribution in [1.82, 2.24) is 19.2 Å². The molecular weight excluding hydrogens is 492 g/mol. The number of pyridine rings is 1. The van der Waals surface area contributed by atoms with Gasteiger partial charge < -0.3 is 9.30 Å². The third-order valence-electron chi connectivity index (χ3n) is 8.30. The van der Waals surface area contributed by atoms with Gasteiger partial charge in [-0.1, -0.05) is 60.3 Å². The standard InChI is InChI=1S/C32H35ClN4O/c1-22-7-8-23(2)28(19-22)26-11-14-30-34-31(24-9-12-27(33)13-10-24)29(37(30)20-26)21-35-15-17-36(18-16-35)32(38)25-5-3-4-6-25/h7-14,19-20,25H,3-6,15-18,21H2,1-2H3. The highest BCUT2D eigenvalue weighted by Crippen LogP contribution is 2.31. The molecule has 0 spiro atoms. The molecule has 1 amide bonds. The van der Waals surface area contributed by atoms with Crippen molar-refractivity contribution in [3.63, 3.8) is 0 Å². The number of hydrogen-bond acceptors (Lipinski definition) is 3. The SMILES string of the molecule is Cc1ccc(C)c(-c2ccc3nc(-c4ccc(Cl)cc4)c(CN4CCN(C(=O)C5CCCC5)CC4)n3c2)c1. The molecule has 5 nitrogen and oxygen atoms in total. The summed E-state index contributed by atoms with van der Waals surface area (Å²) in [5.74, 6) is 0.623. The van der Waals surface area contributed by atoms with E-state index in [1.165, 1.54) is 40.8 Å². The van der Waals surface area contributed by atoms with E-state index in [1.54, 1.807) is 0 Å². The smallest absolute Gasteiger partial charge is 0.225 e. The lowest BCUT2D eigenvalue weighted by molar-refractivity contribution is -0.137. The Hall–Kier alpha value is -3.15. The number of halogens is 1. The third-order valence-corrected chi connectivity index (χ3v) is 8.55. The minimum atomic E-state index is 0.250. The van der Waals surface area contributed by atoms with E-state index in [2.05, 4.69) is 76.7 Å². The van der Waals surface area contributed by atoms with Gasteiger partial charge in [-0.05, 0) is 67.6 Å². The Bertz CT molecular complexity index is 1460. The van der Waals surface area contributed by atoms with E-state index >= 15 is 0 Å². The van der Waals surface area contributed by atoms with Crippen LogP contribution < -0.4 is 0 Å². The zero-order valence-corrected chi connectivity index (χ0v) is 23.0. The Morgan fingerprint density at radius 1 is 0.921 bits per heavy atom. The zero-order valence-electron chi connectivity index (χ0n) is 22.3. The fourth-order valence-electron chi connectivity index (χ4n) is 6.06. The van der Waals surface area contributed by atoms with Crippen LogP contribution in [0, 0.1) is 19.8 Å². The number of amides is 1. The number of fused-ring (bicyclic) bond motifs is 1. The predicted molar refractivity (Wildman–Crippen MR) is 154 cm³/mol. The number of piperazine rings is 1. The van der Waals surface area contributed by atoms with Crippen LogP contribution in [0.4, 0.5) is 0 Å². The average molecular weight is 527 g/mol. The maximum absolute atomic E-state index is 13.0. The van der Waals surface area contributed by atoms with E-state index in [0.717, 1.165) is 67.5 Å². The normalized spacial score (nSPS) is 17.0. The molecule has 3 heterocycles. The van der Waals surface area contributed by atoms with Gasteiger partial charge in [0.25, 0.3) is 0 Å². The summed E-state index contributed by atoms with van der Waals surface area (Å²) in [6.07, 6.45) is 6.76. The van der Waals surface area contributed by atoms with E-state index in [-0.39, 0.29) is 5.92 Å². The van der Waals surface area contributed by atoms with Gasteiger partial charge in [0.15, 0.2) is 0 Å². The lowest BCUT2D eigenvalue weighted by Crippen LogP contribution is -2.49. The fourth-order valence-corrected chi connectivity index (χ4v) is 6.18. The summed E-state index contributed by atoms with van der Waals surface area (Å²) >= 11 is 6.21. The summed E-state index contributed by atoms with van der Waals surface area (Å²) < 4.78 is 2.26. The highest BCUT2D eigenvalue weighted by Gasteiger charge is 2.30. The second-order valence-electron chi connectivity index (χ2n) is 11.0. The highest BCUT2D eigenvalue weighted by atomic mass is 35.5. The van der Waals surface area contributed by atoms with Crippen molar-refractivity contribution >= 4 is 23.2 Å². The molecule has 0 unspecified atom stereocenters. The lowest BCUT2D eigenvalue weighted by atomic mass is 10.00. The topological polar surface area (TPSA) is 40.9 Å². The van der Waals surface area contributed by atoms with Gasteiger partial charge >= 0.3 is 0 Å². The van der Waals surface area contributed by atoms with E-state index in [0.29, 0.717) is 5.91 Å². The molecule has 0 N–H and O–H groups in total. The number of aryl methyl sites for hydroxylation is 2. The van der Waals surface area contributed by atoms with Gasteiger partial charge in [0, 0.05) is 55.4 Å². The van der Waals surface area contributed by atoms with Crippen molar-refractivity contribution in [3.8, 4) is 22.4 Å². The molecule has 1 saturated carbocycles. The minimum absolute atomic E-state index is 0.250. The summed E-state index contributed by atoms with van der Waals surface area (Å²) in [6.45, 7) is 8.44. The highest BCUT2D eigenvalue weighted by molar-refractivity contribution is 6.30. The molecular formula is C32H35ClN4O. The Balaban J connectivity index is 1.33. The molecule has 0 atom stereocenters. The summed E-state index contributed by atoms with van der Waals surface area (Å²) in [5.41, 5.74) is 9.12. The van der Waals surface area contributed by atoms with Crippen LogP contribution in [0.2, 0.25) is 5.02 Å². The lowest BCUT2D eigenvalue weighted by Gasteiger charge is -2.36. The minimum Gasteiger partial charge on any atom is -0.340 e. The van der Waals surface area contributed by atoms with Crippen LogP contribution in [0.25, 0.3) is 28.0 Å². The maximum Gasteiger partial charge on any atom is 0.225 e. The molecule has 0 bridgehead atoms. The number of hydrogen-bond donors (Lipinski definition) is 0. The van der Waals surface area contributed by atoms with E-state index in [4.69, 9.17) is 16.6 Å². The average Bonchev–Trinajstić information content (AvgIpc) is 3.59. The monoisotopic (exact) mass is 526 g/mol. The summed E-state index contributed by atoms with van der Waals surface area (Å²) in [7, 11) is 0. The number of rotatable bonds is 5. The molecule has 6 rings (SSSR count). The molecule has 2 aliphatic rings. The summed E-state index contributed by atoms with van der Waals surface area (Å²) in [5, 5.41) is 0.722. The van der Waals surface area contributed by atoms with Gasteiger partial charge in [-0.15, -0.1) is 0 Å². The first kappa shape index (κ1) is 25.1. The summed E-state index contributed by atoms with van der Waals surface area (Å²) in [4.78, 5) is 22.6. The molecule has 6 heteroatoms. The molecule has 2 aromatic carbocycles. The molecule has 2 fully saturated rings. The number of imidazole rings is 1. The Morgan fingerprint density at radius 2 is 1.63 bits per heavy atom. The number of nitrogens with zero attached hydrogens (tertiary/aromatic N) is 4. The van der Waals surface area contributed by atoms with Gasteiger partial charge in [0.05, 0.1) is 11.4 Å². The second kappa shape index (κ2) is 10.5. The van der Waals surface area contributed by atoms with Gasteiger partial charge in [-0.3, -0.25) is 9.69 Å². The van der Waals surface area contributed by atoms with Crippen molar-refractivity contribution in [2.75, 3.05) is 26.2 Å². The molecule has 0 radical (unpaired) electrons. The van der Waals surface area contributed by atoms with E-state index in [1.807, 2.05) is 12.1 Å². The van der Waals surface area contributed by atoms with Gasteiger partial charge in [-0.2, -0.15) is 0 Å². The molecule has 2 aromatic heterocycles. The van der Waals surface area contributed by atoms with Crippen LogP contribution in [0.3, 0.4) is 0 Å². The molecule has 196 valence electrons. The van der Waals surface area contributed by atoms with Gasteiger partial charge in [-0.25, -0.2) is 4.98 Å². The Labute approximate surface area is 230 Å². The molecule has 1 aliphatic heterocycles. The largest absolute Gasteiger partial charge is 0.340 e. The second-order valence-corrected chi connectivity index (χ2v) is 11.4. The Morgan fingerprint density at radius 3 is 2.37 bits per heavy atom. The van der Waals surface area contributed by atoms with Crippen LogP contribution in [-0.4, -0.2) is 51.3 Å². The fraction of sp³-hybridized carbons (Fsp3) is 0.375. The third kappa shape index (κ3) is 4.97. The maximum atomic E-state index is 13.0.